The highest BCUT2D eigenvalue weighted by molar-refractivity contribution is 6.83. The smallest absolute Gasteiger partial charge is 0.337 e. The van der Waals surface area contributed by atoms with Crippen molar-refractivity contribution in [3.05, 3.63) is 0 Å². The van der Waals surface area contributed by atoms with Crippen molar-refractivity contribution < 1.29 is 13.9 Å². The summed E-state index contributed by atoms with van der Waals surface area (Å²) in [5.74, 6) is -1.99. The summed E-state index contributed by atoms with van der Waals surface area (Å²) in [4.78, 5) is 11.3. The van der Waals surface area contributed by atoms with Crippen LogP contribution in [0.4, 0.5) is 4.39 Å². The molecule has 0 rings (SSSR count). The van der Waals surface area contributed by atoms with E-state index < -0.39 is 19.8 Å². The number of halogens is 1. The molecule has 1 atom stereocenters. The largest absolute Gasteiger partial charge is 0.464 e. The lowest BCUT2D eigenvalue weighted by molar-refractivity contribution is -0.146. The van der Waals surface area contributed by atoms with Gasteiger partial charge in [0, 0.05) is 0 Å². The van der Waals surface area contributed by atoms with Gasteiger partial charge in [-0.1, -0.05) is 38.9 Å². The van der Waals surface area contributed by atoms with Gasteiger partial charge in [-0.2, -0.15) is 0 Å². The van der Waals surface area contributed by atoms with Gasteiger partial charge in [0.2, 0.25) is 0 Å². The van der Waals surface area contributed by atoms with Gasteiger partial charge >= 0.3 is 5.97 Å². The first-order chi connectivity index (χ1) is 6.57. The molecule has 0 bridgehead atoms. The average molecular weight is 220 g/mol. The van der Waals surface area contributed by atoms with Gasteiger partial charge < -0.3 is 4.74 Å². The standard InChI is InChI=1S/C10H21FO2Si/c1-5-13-10(12)9(11)14(6-2,7-3)8-4/h9H,5-8H2,1-4H3. The molecule has 0 aromatic rings. The fourth-order valence-electron chi connectivity index (χ4n) is 1.75. The molecular formula is C10H21FO2Si. The molecule has 2 nitrogen and oxygen atoms in total. The van der Waals surface area contributed by atoms with Crippen LogP contribution in [0.2, 0.25) is 18.1 Å². The van der Waals surface area contributed by atoms with Crippen LogP contribution in [0, 0.1) is 0 Å². The second kappa shape index (κ2) is 6.17. The number of carbonyl (C=O) groups is 1. The van der Waals surface area contributed by atoms with Crippen LogP contribution in [-0.4, -0.2) is 26.4 Å². The Morgan fingerprint density at radius 3 is 1.93 bits per heavy atom. The summed E-state index contributed by atoms with van der Waals surface area (Å²) in [6.07, 6.45) is 0. The van der Waals surface area contributed by atoms with Crippen molar-refractivity contribution in [1.29, 1.82) is 0 Å². The second-order valence-electron chi connectivity index (χ2n) is 3.54. The van der Waals surface area contributed by atoms with Crippen LogP contribution < -0.4 is 0 Å². The van der Waals surface area contributed by atoms with E-state index in [-0.39, 0.29) is 6.61 Å². The summed E-state index contributed by atoms with van der Waals surface area (Å²) in [5.41, 5.74) is 0. The normalized spacial score (nSPS) is 13.8. The van der Waals surface area contributed by atoms with E-state index in [1.54, 1.807) is 6.92 Å². The summed E-state index contributed by atoms with van der Waals surface area (Å²) in [5, 5.41) is 0. The van der Waals surface area contributed by atoms with Crippen LogP contribution >= 0.6 is 0 Å². The molecular weight excluding hydrogens is 199 g/mol. The fraction of sp³-hybridized carbons (Fsp3) is 0.900. The molecule has 0 N–H and O–H groups in total. The van der Waals surface area contributed by atoms with E-state index >= 15 is 0 Å². The highest BCUT2D eigenvalue weighted by atomic mass is 28.3. The van der Waals surface area contributed by atoms with Crippen molar-refractivity contribution in [2.75, 3.05) is 6.61 Å². The Bertz CT molecular complexity index is 173. The van der Waals surface area contributed by atoms with Crippen LogP contribution in [0.15, 0.2) is 0 Å². The SMILES string of the molecule is CCOC(=O)C(F)[Si](CC)(CC)CC. The van der Waals surface area contributed by atoms with E-state index in [4.69, 9.17) is 4.74 Å². The van der Waals surface area contributed by atoms with E-state index in [1.165, 1.54) is 0 Å². The Morgan fingerprint density at radius 2 is 1.64 bits per heavy atom. The summed E-state index contributed by atoms with van der Waals surface area (Å²) in [6, 6.07) is 2.42. The van der Waals surface area contributed by atoms with E-state index in [2.05, 4.69) is 0 Å². The highest BCUT2D eigenvalue weighted by Crippen LogP contribution is 2.27. The maximum absolute atomic E-state index is 13.9. The summed E-state index contributed by atoms with van der Waals surface area (Å²) in [6.45, 7) is 7.90. The number of hydrogen-bond donors (Lipinski definition) is 0. The van der Waals surface area contributed by atoms with Gasteiger partial charge in [-0.15, -0.1) is 0 Å². The summed E-state index contributed by atoms with van der Waals surface area (Å²) < 4.78 is 18.6. The van der Waals surface area contributed by atoms with Crippen molar-refractivity contribution in [2.24, 2.45) is 0 Å². The average Bonchev–Trinajstić information content (AvgIpc) is 2.21. The van der Waals surface area contributed by atoms with Gasteiger partial charge in [-0.3, -0.25) is 0 Å². The molecule has 1 unspecified atom stereocenters. The van der Waals surface area contributed by atoms with Gasteiger partial charge in [-0.25, -0.2) is 9.18 Å². The number of carbonyl (C=O) groups excluding carboxylic acids is 1. The van der Waals surface area contributed by atoms with E-state index in [1.807, 2.05) is 20.8 Å². The Hall–Kier alpha value is -0.383. The number of esters is 1. The van der Waals surface area contributed by atoms with Gasteiger partial charge in [0.15, 0.2) is 5.79 Å². The molecule has 0 aliphatic carbocycles. The topological polar surface area (TPSA) is 26.3 Å². The Labute approximate surface area is 86.8 Å². The molecule has 0 amide bonds. The molecule has 0 aliphatic heterocycles. The van der Waals surface area contributed by atoms with E-state index in [9.17, 15) is 9.18 Å². The molecule has 0 aromatic heterocycles. The minimum absolute atomic E-state index is 0.265. The lowest BCUT2D eigenvalue weighted by Crippen LogP contribution is -2.48. The maximum Gasteiger partial charge on any atom is 0.337 e. The first-order valence-corrected chi connectivity index (χ1v) is 8.08. The van der Waals surface area contributed by atoms with Crippen molar-refractivity contribution in [2.45, 2.75) is 51.6 Å². The van der Waals surface area contributed by atoms with Crippen molar-refractivity contribution >= 4 is 14.0 Å². The monoisotopic (exact) mass is 220 g/mol. The van der Waals surface area contributed by atoms with Crippen molar-refractivity contribution in [1.82, 2.24) is 0 Å². The Morgan fingerprint density at radius 1 is 1.21 bits per heavy atom. The second-order valence-corrected chi connectivity index (χ2v) is 8.89. The zero-order valence-electron chi connectivity index (χ0n) is 9.60. The molecule has 4 heteroatoms. The van der Waals surface area contributed by atoms with E-state index in [0.29, 0.717) is 0 Å². The maximum atomic E-state index is 13.9. The van der Waals surface area contributed by atoms with Gasteiger partial charge in [0.25, 0.3) is 0 Å². The summed E-state index contributed by atoms with van der Waals surface area (Å²) in [7, 11) is -2.06. The molecule has 0 aliphatic rings. The number of alkyl halides is 1. The molecule has 0 heterocycles. The molecule has 0 radical (unpaired) electrons. The first-order valence-electron chi connectivity index (χ1n) is 5.38. The predicted molar refractivity (Wildman–Crippen MR) is 58.7 cm³/mol. The third kappa shape index (κ3) is 2.80. The van der Waals surface area contributed by atoms with Gasteiger partial charge in [-0.05, 0) is 6.92 Å². The molecule has 84 valence electrons. The predicted octanol–water partition coefficient (Wildman–Crippen LogP) is 2.94. The molecule has 0 aromatic carbocycles. The third-order valence-electron chi connectivity index (χ3n) is 3.14. The van der Waals surface area contributed by atoms with Crippen LogP contribution in [0.1, 0.15) is 27.7 Å². The lowest BCUT2D eigenvalue weighted by Gasteiger charge is -2.29. The van der Waals surface area contributed by atoms with Crippen LogP contribution in [0.5, 0.6) is 0 Å². The first kappa shape index (κ1) is 13.6. The minimum atomic E-state index is -2.06. The van der Waals surface area contributed by atoms with Crippen LogP contribution in [0.25, 0.3) is 0 Å². The summed E-state index contributed by atoms with van der Waals surface area (Å²) >= 11 is 0. The molecule has 0 saturated carbocycles. The van der Waals surface area contributed by atoms with Crippen LogP contribution in [0.3, 0.4) is 0 Å². The Balaban J connectivity index is 4.57. The van der Waals surface area contributed by atoms with Crippen LogP contribution in [-0.2, 0) is 9.53 Å². The zero-order valence-corrected chi connectivity index (χ0v) is 10.6. The highest BCUT2D eigenvalue weighted by Gasteiger charge is 2.42. The third-order valence-corrected chi connectivity index (χ3v) is 8.68. The molecule has 14 heavy (non-hydrogen) atoms. The quantitative estimate of drug-likeness (QED) is 0.508. The van der Waals surface area contributed by atoms with Crippen molar-refractivity contribution in [3.63, 3.8) is 0 Å². The molecule has 0 spiro atoms. The zero-order chi connectivity index (χ0) is 11.2. The van der Waals surface area contributed by atoms with E-state index in [0.717, 1.165) is 18.1 Å². The number of rotatable bonds is 6. The number of hydrogen-bond acceptors (Lipinski definition) is 2. The molecule has 0 fully saturated rings. The minimum Gasteiger partial charge on any atom is -0.464 e. The number of ether oxygens (including phenoxy) is 1. The van der Waals surface area contributed by atoms with Gasteiger partial charge in [0.05, 0.1) is 6.61 Å². The molecule has 0 saturated heterocycles. The lowest BCUT2D eigenvalue weighted by atomic mass is 10.7. The van der Waals surface area contributed by atoms with Gasteiger partial charge in [0.1, 0.15) is 8.07 Å². The fourth-order valence-corrected chi connectivity index (χ4v) is 4.91. The van der Waals surface area contributed by atoms with Crippen molar-refractivity contribution in [3.8, 4) is 0 Å². The Kier molecular flexibility index (Phi) is 6.00.